The number of aliphatic carboxylic acids is 1. The van der Waals surface area contributed by atoms with E-state index >= 15 is 0 Å². The Kier molecular flexibility index (Phi) is 6.43. The molecule has 0 heterocycles. The summed E-state index contributed by atoms with van der Waals surface area (Å²) in [6.45, 7) is 3.46. The summed E-state index contributed by atoms with van der Waals surface area (Å²) < 4.78 is 13.3. The first-order valence-electron chi connectivity index (χ1n) is 10.7. The smallest absolute Gasteiger partial charge is 0.307 e. The minimum Gasteiger partial charge on any atom is -0.481 e. The number of carboxylic acids is 1. The number of aliphatic hydroxyl groups is 1. The zero-order valence-electron chi connectivity index (χ0n) is 18.7. The van der Waals surface area contributed by atoms with Gasteiger partial charge < -0.3 is 10.2 Å². The average Bonchev–Trinajstić information content (AvgIpc) is 2.79. The second-order valence-corrected chi connectivity index (χ2v) is 8.83. The highest BCUT2D eigenvalue weighted by Crippen LogP contribution is 2.36. The first kappa shape index (κ1) is 23.5. The van der Waals surface area contributed by atoms with Gasteiger partial charge in [-0.15, -0.1) is 0 Å². The molecule has 0 bridgehead atoms. The first-order valence-corrected chi connectivity index (χ1v) is 11.1. The van der Waals surface area contributed by atoms with Crippen LogP contribution in [0.5, 0.6) is 0 Å². The van der Waals surface area contributed by atoms with Crippen molar-refractivity contribution in [2.75, 3.05) is 0 Å². The fraction of sp³-hybridized carbons (Fsp3) is 0.138. The van der Waals surface area contributed by atoms with E-state index < -0.39 is 11.6 Å². The molecule has 3 nitrogen and oxygen atoms in total. The van der Waals surface area contributed by atoms with Gasteiger partial charge in [0.25, 0.3) is 0 Å². The van der Waals surface area contributed by atoms with Gasteiger partial charge in [0.05, 0.1) is 6.42 Å². The third-order valence-electron chi connectivity index (χ3n) is 5.79. The van der Waals surface area contributed by atoms with Gasteiger partial charge in [0.1, 0.15) is 11.4 Å². The Hall–Kier alpha value is -3.65. The van der Waals surface area contributed by atoms with Crippen molar-refractivity contribution in [3.63, 3.8) is 0 Å². The van der Waals surface area contributed by atoms with Crippen LogP contribution in [0.25, 0.3) is 21.9 Å². The number of fused-ring (bicyclic) bond motifs is 1. The van der Waals surface area contributed by atoms with E-state index in [2.05, 4.69) is 11.8 Å². The van der Waals surface area contributed by atoms with Crippen LogP contribution in [0.1, 0.15) is 29.2 Å². The Morgan fingerprint density at radius 1 is 1.03 bits per heavy atom. The number of carboxylic acid groups (broad SMARTS) is 1. The lowest BCUT2D eigenvalue weighted by Gasteiger charge is -2.17. The van der Waals surface area contributed by atoms with Crippen LogP contribution in [0.2, 0.25) is 5.02 Å². The summed E-state index contributed by atoms with van der Waals surface area (Å²) in [5, 5.41) is 22.8. The van der Waals surface area contributed by atoms with Gasteiger partial charge in [0.2, 0.25) is 0 Å². The topological polar surface area (TPSA) is 57.5 Å². The van der Waals surface area contributed by atoms with E-state index in [9.17, 15) is 19.4 Å². The quantitative estimate of drug-likeness (QED) is 0.333. The summed E-state index contributed by atoms with van der Waals surface area (Å²) in [5.74, 6) is 4.60. The molecule has 0 saturated carbocycles. The molecule has 0 aliphatic rings. The van der Waals surface area contributed by atoms with Gasteiger partial charge in [0.15, 0.2) is 0 Å². The van der Waals surface area contributed by atoms with Crippen LogP contribution in [-0.4, -0.2) is 16.2 Å². The molecule has 2 N–H and O–H groups in total. The number of hydrogen-bond donors (Lipinski definition) is 2. The van der Waals surface area contributed by atoms with Gasteiger partial charge in [-0.05, 0) is 88.8 Å². The molecule has 0 aromatic heterocycles. The highest BCUT2D eigenvalue weighted by atomic mass is 35.5. The van der Waals surface area contributed by atoms with Crippen molar-refractivity contribution in [2.24, 2.45) is 0 Å². The molecule has 4 aromatic carbocycles. The maximum Gasteiger partial charge on any atom is 0.307 e. The number of hydrogen-bond acceptors (Lipinski definition) is 2. The molecule has 1 atom stereocenters. The minimum absolute atomic E-state index is 0.116. The van der Waals surface area contributed by atoms with Gasteiger partial charge in [0, 0.05) is 10.6 Å². The number of carbonyl (C=O) groups is 1. The van der Waals surface area contributed by atoms with Crippen LogP contribution >= 0.6 is 11.6 Å². The lowest BCUT2D eigenvalue weighted by molar-refractivity contribution is -0.136. The van der Waals surface area contributed by atoms with Gasteiger partial charge in [-0.25, -0.2) is 4.39 Å². The van der Waals surface area contributed by atoms with E-state index in [1.165, 1.54) is 24.3 Å². The van der Waals surface area contributed by atoms with Crippen LogP contribution in [0, 0.1) is 24.6 Å². The lowest BCUT2D eigenvalue weighted by Crippen LogP contribution is -2.18. The van der Waals surface area contributed by atoms with Gasteiger partial charge in [-0.3, -0.25) is 4.79 Å². The highest BCUT2D eigenvalue weighted by molar-refractivity contribution is 6.30. The summed E-state index contributed by atoms with van der Waals surface area (Å²) in [6.07, 6.45) is -0.116. The third kappa shape index (κ3) is 4.97. The first-order chi connectivity index (χ1) is 16.1. The fourth-order valence-electron chi connectivity index (χ4n) is 4.02. The molecule has 0 fully saturated rings. The van der Waals surface area contributed by atoms with Crippen molar-refractivity contribution in [1.29, 1.82) is 0 Å². The largest absolute Gasteiger partial charge is 0.481 e. The summed E-state index contributed by atoms with van der Waals surface area (Å²) in [5.41, 5.74) is 2.98. The highest BCUT2D eigenvalue weighted by Gasteiger charge is 2.20. The Bertz CT molecular complexity index is 1440. The predicted molar refractivity (Wildman–Crippen MR) is 133 cm³/mol. The van der Waals surface area contributed by atoms with E-state index in [1.807, 2.05) is 43.3 Å². The monoisotopic (exact) mass is 472 g/mol. The van der Waals surface area contributed by atoms with Gasteiger partial charge in [-0.2, -0.15) is 0 Å². The minimum atomic E-state index is -1.47. The Morgan fingerprint density at radius 3 is 2.35 bits per heavy atom. The number of benzene rings is 4. The van der Waals surface area contributed by atoms with Crippen molar-refractivity contribution in [3.8, 4) is 23.0 Å². The molecule has 0 saturated heterocycles. The van der Waals surface area contributed by atoms with Crippen LogP contribution < -0.4 is 0 Å². The van der Waals surface area contributed by atoms with Crippen molar-refractivity contribution >= 4 is 28.3 Å². The van der Waals surface area contributed by atoms with Crippen LogP contribution in [0.4, 0.5) is 4.39 Å². The summed E-state index contributed by atoms with van der Waals surface area (Å²) >= 11 is 6.08. The molecule has 0 radical (unpaired) electrons. The van der Waals surface area contributed by atoms with Crippen LogP contribution in [0.15, 0.2) is 72.8 Å². The molecule has 170 valence electrons. The average molecular weight is 473 g/mol. The number of halogens is 2. The summed E-state index contributed by atoms with van der Waals surface area (Å²) in [4.78, 5) is 11.6. The molecule has 0 aliphatic heterocycles. The fourth-order valence-corrected chi connectivity index (χ4v) is 4.15. The molecular formula is C29H22ClFO3. The maximum absolute atomic E-state index is 13.3. The van der Waals surface area contributed by atoms with Gasteiger partial charge in [-0.1, -0.05) is 59.8 Å². The zero-order chi connectivity index (χ0) is 24.5. The predicted octanol–water partition coefficient (Wildman–Crippen LogP) is 6.49. The van der Waals surface area contributed by atoms with Crippen molar-refractivity contribution in [3.05, 3.63) is 106 Å². The summed E-state index contributed by atoms with van der Waals surface area (Å²) in [6, 6.07) is 20.5. The molecule has 4 rings (SSSR count). The molecule has 4 aromatic rings. The van der Waals surface area contributed by atoms with Crippen LogP contribution in [-0.2, 0) is 16.8 Å². The summed E-state index contributed by atoms with van der Waals surface area (Å²) in [7, 11) is 0. The lowest BCUT2D eigenvalue weighted by atomic mass is 9.88. The van der Waals surface area contributed by atoms with Gasteiger partial charge >= 0.3 is 5.97 Å². The van der Waals surface area contributed by atoms with E-state index in [0.717, 1.165) is 33.0 Å². The second kappa shape index (κ2) is 9.30. The van der Waals surface area contributed by atoms with Crippen LogP contribution in [0.3, 0.4) is 0 Å². The number of aryl methyl sites for hydroxylation is 1. The Labute approximate surface area is 202 Å². The molecular weight excluding hydrogens is 451 g/mol. The van der Waals surface area contributed by atoms with E-state index in [1.54, 1.807) is 19.1 Å². The van der Waals surface area contributed by atoms with Crippen molar-refractivity contribution in [1.82, 2.24) is 0 Å². The van der Waals surface area contributed by atoms with E-state index in [-0.39, 0.29) is 12.2 Å². The van der Waals surface area contributed by atoms with Crippen molar-refractivity contribution < 1.29 is 19.4 Å². The third-order valence-corrected chi connectivity index (χ3v) is 6.04. The molecule has 34 heavy (non-hydrogen) atoms. The van der Waals surface area contributed by atoms with E-state index in [4.69, 9.17) is 11.6 Å². The molecule has 5 heteroatoms. The normalized spacial score (nSPS) is 12.6. The maximum atomic E-state index is 13.3. The zero-order valence-corrected chi connectivity index (χ0v) is 19.4. The Balaban J connectivity index is 1.88. The molecule has 1 unspecified atom stereocenters. The Morgan fingerprint density at radius 2 is 1.71 bits per heavy atom. The molecule has 0 amide bonds. The molecule has 0 spiro atoms. The molecule has 0 aliphatic carbocycles. The SMILES string of the molecule is Cc1cc2ccc(C#CC(C)(O)c3ccc(F)cc3)cc2c(-c2ccc(Cl)cc2)c1CC(=O)O. The standard InChI is InChI=1S/C29H22ClFO3/c1-18-15-21-4-3-19(13-14-29(2,34)22-7-11-24(31)12-8-22)16-26(21)28(25(18)17-27(32)33)20-5-9-23(30)10-6-20/h3-12,15-16,34H,17H2,1-2H3,(H,32,33). The second-order valence-electron chi connectivity index (χ2n) is 8.39. The van der Waals surface area contributed by atoms with E-state index in [0.29, 0.717) is 16.1 Å². The van der Waals surface area contributed by atoms with Crippen molar-refractivity contribution in [2.45, 2.75) is 25.9 Å². The number of rotatable bonds is 4.